The number of hydrogen-bond acceptors (Lipinski definition) is 0. The van der Waals surface area contributed by atoms with E-state index in [2.05, 4.69) is 158 Å². The van der Waals surface area contributed by atoms with Crippen molar-refractivity contribution in [1.82, 2.24) is 0 Å². The third-order valence-electron chi connectivity index (χ3n) is 8.22. The van der Waals surface area contributed by atoms with Crippen molar-refractivity contribution < 1.29 is 0 Å². The predicted molar refractivity (Wildman–Crippen MR) is 173 cm³/mol. The maximum Gasteiger partial charge on any atom is -0.00262 e. The van der Waals surface area contributed by atoms with Gasteiger partial charge < -0.3 is 0 Å². The summed E-state index contributed by atoms with van der Waals surface area (Å²) in [6.07, 6.45) is 0. The Balaban J connectivity index is 1.43. The number of fused-ring (bicyclic) bond motifs is 5. The second kappa shape index (κ2) is 9.22. The fourth-order valence-corrected chi connectivity index (χ4v) is 6.49. The number of rotatable bonds is 3. The van der Waals surface area contributed by atoms with Gasteiger partial charge in [0.1, 0.15) is 0 Å². The average molecular weight is 507 g/mol. The van der Waals surface area contributed by atoms with Crippen molar-refractivity contribution >= 4 is 43.1 Å². The lowest BCUT2D eigenvalue weighted by atomic mass is 9.85. The summed E-state index contributed by atoms with van der Waals surface area (Å²) >= 11 is 0. The van der Waals surface area contributed by atoms with E-state index in [4.69, 9.17) is 0 Å². The zero-order chi connectivity index (χ0) is 26.5. The van der Waals surface area contributed by atoms with E-state index in [1.807, 2.05) is 0 Å². The summed E-state index contributed by atoms with van der Waals surface area (Å²) < 4.78 is 0. The topological polar surface area (TPSA) is 0 Å². The van der Waals surface area contributed by atoms with Crippen LogP contribution in [-0.4, -0.2) is 0 Å². The third-order valence-corrected chi connectivity index (χ3v) is 8.22. The SMILES string of the molecule is c1ccc(-c2c3ccccc3c(-c3cccc(-c4cc5ccccc5c5ccccc45)c3)c3ccccc23)cc1. The molecule has 186 valence electrons. The molecule has 8 aromatic carbocycles. The molecule has 0 heteroatoms. The molecule has 8 rings (SSSR count). The Hall–Kier alpha value is -5.20. The Labute approximate surface area is 233 Å². The highest BCUT2D eigenvalue weighted by molar-refractivity contribution is 6.21. The minimum Gasteiger partial charge on any atom is -0.0622 e. The van der Waals surface area contributed by atoms with Gasteiger partial charge in [0, 0.05) is 0 Å². The molecule has 0 saturated carbocycles. The number of hydrogen-bond donors (Lipinski definition) is 0. The lowest BCUT2D eigenvalue weighted by molar-refractivity contribution is 1.64. The van der Waals surface area contributed by atoms with Gasteiger partial charge in [-0.15, -0.1) is 0 Å². The van der Waals surface area contributed by atoms with E-state index in [9.17, 15) is 0 Å². The zero-order valence-corrected chi connectivity index (χ0v) is 22.0. The van der Waals surface area contributed by atoms with Crippen LogP contribution >= 0.6 is 0 Å². The van der Waals surface area contributed by atoms with Gasteiger partial charge in [-0.05, 0) is 88.6 Å². The highest BCUT2D eigenvalue weighted by Gasteiger charge is 2.17. The first-order chi connectivity index (χ1) is 19.9. The van der Waals surface area contributed by atoms with E-state index >= 15 is 0 Å². The molecule has 0 saturated heterocycles. The van der Waals surface area contributed by atoms with Crippen LogP contribution in [0, 0.1) is 0 Å². The molecule has 40 heavy (non-hydrogen) atoms. The minimum atomic E-state index is 1.24. The third kappa shape index (κ3) is 3.54. The van der Waals surface area contributed by atoms with Crippen molar-refractivity contribution in [2.24, 2.45) is 0 Å². The van der Waals surface area contributed by atoms with Crippen LogP contribution in [0.4, 0.5) is 0 Å². The first kappa shape index (κ1) is 22.8. The van der Waals surface area contributed by atoms with Gasteiger partial charge in [0.2, 0.25) is 0 Å². The predicted octanol–water partition coefficient (Wildman–Crippen LogP) is 11.3. The monoisotopic (exact) mass is 506 g/mol. The highest BCUT2D eigenvalue weighted by atomic mass is 14.2. The molecule has 0 heterocycles. The standard InChI is InChI=1S/C40H26/c1-2-13-27(14-3-1)39-34-21-8-10-23-36(34)40(37-24-11-9-22-35(37)39)30-17-12-16-28(25-30)38-26-29-15-4-5-18-31(29)32-19-6-7-20-33(32)38/h1-26H. The van der Waals surface area contributed by atoms with Crippen LogP contribution in [0.1, 0.15) is 0 Å². The summed E-state index contributed by atoms with van der Waals surface area (Å²) in [5.74, 6) is 0. The Morgan fingerprint density at radius 1 is 0.250 bits per heavy atom. The summed E-state index contributed by atoms with van der Waals surface area (Å²) in [5, 5.41) is 10.3. The van der Waals surface area contributed by atoms with Crippen LogP contribution in [0.2, 0.25) is 0 Å². The van der Waals surface area contributed by atoms with Crippen molar-refractivity contribution in [2.45, 2.75) is 0 Å². The van der Waals surface area contributed by atoms with E-state index in [1.54, 1.807) is 0 Å². The fraction of sp³-hybridized carbons (Fsp3) is 0. The summed E-state index contributed by atoms with van der Waals surface area (Å²) in [6.45, 7) is 0. The van der Waals surface area contributed by atoms with Crippen LogP contribution < -0.4 is 0 Å². The molecule has 0 unspecified atom stereocenters. The quantitative estimate of drug-likeness (QED) is 0.165. The first-order valence-corrected chi connectivity index (χ1v) is 13.9. The molecule has 0 aliphatic rings. The van der Waals surface area contributed by atoms with Crippen LogP contribution in [0.15, 0.2) is 158 Å². The summed E-state index contributed by atoms with van der Waals surface area (Å²) in [5.41, 5.74) is 7.58. The van der Waals surface area contributed by atoms with E-state index in [0.29, 0.717) is 0 Å². The molecule has 0 fully saturated rings. The smallest absolute Gasteiger partial charge is 0.00262 e. The van der Waals surface area contributed by atoms with Gasteiger partial charge in [0.25, 0.3) is 0 Å². The molecular formula is C40H26. The van der Waals surface area contributed by atoms with Gasteiger partial charge in [-0.25, -0.2) is 0 Å². The molecule has 0 aromatic heterocycles. The van der Waals surface area contributed by atoms with Gasteiger partial charge in [-0.3, -0.25) is 0 Å². The first-order valence-electron chi connectivity index (χ1n) is 13.9. The molecule has 0 amide bonds. The Bertz CT molecular complexity index is 2150. The van der Waals surface area contributed by atoms with Crippen molar-refractivity contribution in [3.8, 4) is 33.4 Å². The minimum absolute atomic E-state index is 1.24. The van der Waals surface area contributed by atoms with Crippen LogP contribution in [0.25, 0.3) is 76.5 Å². The van der Waals surface area contributed by atoms with Crippen molar-refractivity contribution in [3.63, 3.8) is 0 Å². The summed E-state index contributed by atoms with van der Waals surface area (Å²) in [7, 11) is 0. The van der Waals surface area contributed by atoms with Gasteiger partial charge in [-0.1, -0.05) is 146 Å². The molecule has 0 aliphatic carbocycles. The van der Waals surface area contributed by atoms with E-state index in [0.717, 1.165) is 0 Å². The molecule has 0 radical (unpaired) electrons. The van der Waals surface area contributed by atoms with Gasteiger partial charge in [0.05, 0.1) is 0 Å². The average Bonchev–Trinajstić information content (AvgIpc) is 3.03. The highest BCUT2D eigenvalue weighted by Crippen LogP contribution is 2.44. The van der Waals surface area contributed by atoms with Crippen LogP contribution in [-0.2, 0) is 0 Å². The van der Waals surface area contributed by atoms with Gasteiger partial charge >= 0.3 is 0 Å². The molecule has 0 N–H and O–H groups in total. The Morgan fingerprint density at radius 3 is 1.35 bits per heavy atom. The maximum atomic E-state index is 2.38. The van der Waals surface area contributed by atoms with Gasteiger partial charge in [0.15, 0.2) is 0 Å². The molecule has 8 aromatic rings. The summed E-state index contributed by atoms with van der Waals surface area (Å²) in [6, 6.07) is 57.5. The fourth-order valence-electron chi connectivity index (χ4n) is 6.49. The maximum absolute atomic E-state index is 2.38. The van der Waals surface area contributed by atoms with Crippen molar-refractivity contribution in [2.75, 3.05) is 0 Å². The second-order valence-electron chi connectivity index (χ2n) is 10.5. The van der Waals surface area contributed by atoms with E-state index in [1.165, 1.54) is 76.5 Å². The Kier molecular flexibility index (Phi) is 5.24. The normalized spacial score (nSPS) is 11.5. The van der Waals surface area contributed by atoms with Gasteiger partial charge in [-0.2, -0.15) is 0 Å². The molecular weight excluding hydrogens is 480 g/mol. The molecule has 0 aliphatic heterocycles. The van der Waals surface area contributed by atoms with E-state index < -0.39 is 0 Å². The molecule has 0 atom stereocenters. The molecule has 0 nitrogen and oxygen atoms in total. The largest absolute Gasteiger partial charge is 0.0622 e. The number of benzene rings is 8. The van der Waals surface area contributed by atoms with E-state index in [-0.39, 0.29) is 0 Å². The molecule has 0 bridgehead atoms. The second-order valence-corrected chi connectivity index (χ2v) is 10.5. The molecule has 0 spiro atoms. The Morgan fingerprint density at radius 2 is 0.700 bits per heavy atom. The lowest BCUT2D eigenvalue weighted by Crippen LogP contribution is -1.91. The van der Waals surface area contributed by atoms with Crippen LogP contribution in [0.5, 0.6) is 0 Å². The van der Waals surface area contributed by atoms with Crippen molar-refractivity contribution in [3.05, 3.63) is 158 Å². The summed E-state index contributed by atoms with van der Waals surface area (Å²) in [4.78, 5) is 0. The van der Waals surface area contributed by atoms with Crippen molar-refractivity contribution in [1.29, 1.82) is 0 Å². The van der Waals surface area contributed by atoms with Crippen LogP contribution in [0.3, 0.4) is 0 Å². The lowest BCUT2D eigenvalue weighted by Gasteiger charge is -2.18. The zero-order valence-electron chi connectivity index (χ0n) is 22.0.